The van der Waals surface area contributed by atoms with Crippen LogP contribution in [0.15, 0.2) is 4.52 Å². The van der Waals surface area contributed by atoms with Crippen molar-refractivity contribution < 1.29 is 19.2 Å². The van der Waals surface area contributed by atoms with E-state index >= 15 is 0 Å². The summed E-state index contributed by atoms with van der Waals surface area (Å²) in [6.45, 7) is 1.79. The molecule has 1 aliphatic heterocycles. The van der Waals surface area contributed by atoms with Crippen LogP contribution < -0.4 is 5.32 Å². The first-order valence-corrected chi connectivity index (χ1v) is 7.81. The first-order valence-electron chi connectivity index (χ1n) is 6.76. The summed E-state index contributed by atoms with van der Waals surface area (Å²) in [5.74, 6) is 0.687. The van der Waals surface area contributed by atoms with Gasteiger partial charge in [-0.3, -0.25) is 4.90 Å². The van der Waals surface area contributed by atoms with Crippen LogP contribution in [0.25, 0.3) is 0 Å². The molecule has 1 saturated heterocycles. The van der Waals surface area contributed by atoms with Crippen molar-refractivity contribution in [2.24, 2.45) is 5.92 Å². The highest BCUT2D eigenvalue weighted by atomic mass is 32.2. The molecule has 1 saturated carbocycles. The van der Waals surface area contributed by atoms with Crippen LogP contribution >= 0.6 is 11.8 Å². The molecule has 2 amide bonds. The molecule has 1 aromatic rings. The second-order valence-corrected chi connectivity index (χ2v) is 6.37. The topological polar surface area (TPSA) is 109 Å². The van der Waals surface area contributed by atoms with E-state index in [1.807, 2.05) is 0 Å². The SMILES string of the molecule is Cc1noc(CNC(=O)N2C(C(=O)O)CSC2C2CC2)n1. The molecule has 2 aliphatic rings. The molecule has 2 N–H and O–H groups in total. The zero-order valence-corrected chi connectivity index (χ0v) is 12.3. The first kappa shape index (κ1) is 14.2. The largest absolute Gasteiger partial charge is 0.480 e. The number of carbonyl (C=O) groups excluding carboxylic acids is 1. The van der Waals surface area contributed by atoms with Gasteiger partial charge in [0.2, 0.25) is 5.89 Å². The lowest BCUT2D eigenvalue weighted by atomic mass is 10.2. The van der Waals surface area contributed by atoms with Crippen molar-refractivity contribution in [1.82, 2.24) is 20.4 Å². The summed E-state index contributed by atoms with van der Waals surface area (Å²) in [5.41, 5.74) is 0. The number of aliphatic carboxylic acids is 1. The van der Waals surface area contributed by atoms with Crippen LogP contribution in [0.5, 0.6) is 0 Å². The summed E-state index contributed by atoms with van der Waals surface area (Å²) < 4.78 is 4.92. The van der Waals surface area contributed by atoms with Crippen molar-refractivity contribution in [2.45, 2.75) is 37.7 Å². The molecule has 0 aromatic carbocycles. The van der Waals surface area contributed by atoms with Crippen molar-refractivity contribution in [3.63, 3.8) is 0 Å². The second kappa shape index (κ2) is 5.55. The zero-order valence-electron chi connectivity index (χ0n) is 11.5. The Hall–Kier alpha value is -1.77. The molecular weight excluding hydrogens is 296 g/mol. The van der Waals surface area contributed by atoms with Gasteiger partial charge in [-0.1, -0.05) is 5.16 Å². The van der Waals surface area contributed by atoms with Crippen molar-refractivity contribution in [3.8, 4) is 0 Å². The number of nitrogens with one attached hydrogen (secondary N) is 1. The third kappa shape index (κ3) is 2.97. The second-order valence-electron chi connectivity index (χ2n) is 5.22. The van der Waals surface area contributed by atoms with E-state index in [9.17, 15) is 14.7 Å². The molecule has 0 radical (unpaired) electrons. The van der Waals surface area contributed by atoms with E-state index in [-0.39, 0.29) is 17.9 Å². The molecule has 0 bridgehead atoms. The maximum atomic E-state index is 12.3. The average Bonchev–Trinajstić information content (AvgIpc) is 3.04. The summed E-state index contributed by atoms with van der Waals surface area (Å²) in [4.78, 5) is 29.1. The quantitative estimate of drug-likeness (QED) is 0.847. The lowest BCUT2D eigenvalue weighted by molar-refractivity contribution is -0.141. The Balaban J connectivity index is 1.66. The van der Waals surface area contributed by atoms with Crippen LogP contribution in [-0.4, -0.2) is 49.3 Å². The van der Waals surface area contributed by atoms with Crippen molar-refractivity contribution in [1.29, 1.82) is 0 Å². The standard InChI is InChI=1S/C12H16N4O4S/c1-6-14-9(20-15-6)4-13-12(19)16-8(11(17)18)5-21-10(16)7-2-3-7/h7-8,10H,2-5H2,1H3,(H,13,19)(H,17,18). The number of hydrogen-bond acceptors (Lipinski definition) is 6. The Morgan fingerprint density at radius 2 is 2.29 bits per heavy atom. The van der Waals surface area contributed by atoms with Crippen LogP contribution in [-0.2, 0) is 11.3 Å². The zero-order chi connectivity index (χ0) is 15.0. The fourth-order valence-electron chi connectivity index (χ4n) is 2.37. The van der Waals surface area contributed by atoms with Gasteiger partial charge in [0.25, 0.3) is 0 Å². The number of aromatic nitrogens is 2. The van der Waals surface area contributed by atoms with Gasteiger partial charge in [-0.2, -0.15) is 4.98 Å². The molecule has 1 aliphatic carbocycles. The number of rotatable bonds is 4. The van der Waals surface area contributed by atoms with E-state index in [0.717, 1.165) is 12.8 Å². The van der Waals surface area contributed by atoms with Gasteiger partial charge in [0.05, 0.1) is 11.9 Å². The predicted molar refractivity (Wildman–Crippen MR) is 73.5 cm³/mol. The highest BCUT2D eigenvalue weighted by molar-refractivity contribution is 8.00. The molecule has 0 spiro atoms. The number of nitrogens with zero attached hydrogens (tertiary/aromatic N) is 3. The molecule has 21 heavy (non-hydrogen) atoms. The lowest BCUT2D eigenvalue weighted by Crippen LogP contribution is -2.50. The molecule has 2 atom stereocenters. The summed E-state index contributed by atoms with van der Waals surface area (Å²) in [6.07, 6.45) is 2.10. The van der Waals surface area contributed by atoms with Gasteiger partial charge in [-0.15, -0.1) is 11.8 Å². The Labute approximate surface area is 125 Å². The van der Waals surface area contributed by atoms with Crippen molar-refractivity contribution >= 4 is 23.8 Å². The van der Waals surface area contributed by atoms with E-state index < -0.39 is 12.0 Å². The summed E-state index contributed by atoms with van der Waals surface area (Å²) >= 11 is 1.54. The molecule has 8 nitrogen and oxygen atoms in total. The minimum Gasteiger partial charge on any atom is -0.480 e. The number of carboxylic acids is 1. The maximum Gasteiger partial charge on any atom is 0.327 e. The summed E-state index contributed by atoms with van der Waals surface area (Å²) in [6, 6.07) is -1.16. The lowest BCUT2D eigenvalue weighted by Gasteiger charge is -2.27. The number of hydrogen-bond donors (Lipinski definition) is 2. The highest BCUT2D eigenvalue weighted by Crippen LogP contribution is 2.45. The normalized spacial score (nSPS) is 25.1. The van der Waals surface area contributed by atoms with Crippen LogP contribution in [0.2, 0.25) is 0 Å². The van der Waals surface area contributed by atoms with Gasteiger partial charge >= 0.3 is 12.0 Å². The van der Waals surface area contributed by atoms with Gasteiger partial charge in [0.1, 0.15) is 6.04 Å². The highest BCUT2D eigenvalue weighted by Gasteiger charge is 2.48. The van der Waals surface area contributed by atoms with Gasteiger partial charge in [-0.05, 0) is 25.7 Å². The smallest absolute Gasteiger partial charge is 0.327 e. The number of carboxylic acid groups (broad SMARTS) is 1. The van der Waals surface area contributed by atoms with Gasteiger partial charge < -0.3 is 14.9 Å². The number of aryl methyl sites for hydroxylation is 1. The Morgan fingerprint density at radius 1 is 1.52 bits per heavy atom. The molecule has 2 heterocycles. The van der Waals surface area contributed by atoms with E-state index in [4.69, 9.17) is 4.52 Å². The summed E-state index contributed by atoms with van der Waals surface area (Å²) in [5, 5.41) is 15.5. The van der Waals surface area contributed by atoms with Crippen molar-refractivity contribution in [2.75, 3.05) is 5.75 Å². The van der Waals surface area contributed by atoms with Gasteiger partial charge in [0.15, 0.2) is 5.82 Å². The van der Waals surface area contributed by atoms with Crippen LogP contribution in [0.3, 0.4) is 0 Å². The Kier molecular flexibility index (Phi) is 3.75. The van der Waals surface area contributed by atoms with E-state index in [2.05, 4.69) is 15.5 Å². The molecule has 2 unspecified atom stereocenters. The average molecular weight is 312 g/mol. The number of urea groups is 1. The van der Waals surface area contributed by atoms with E-state index in [1.54, 1.807) is 18.7 Å². The Bertz CT molecular complexity index is 559. The van der Waals surface area contributed by atoms with Crippen LogP contribution in [0, 0.1) is 12.8 Å². The minimum absolute atomic E-state index is 0.0458. The van der Waals surface area contributed by atoms with Gasteiger partial charge in [0, 0.05) is 5.75 Å². The number of carbonyl (C=O) groups is 2. The van der Waals surface area contributed by atoms with Crippen molar-refractivity contribution in [3.05, 3.63) is 11.7 Å². The third-order valence-electron chi connectivity index (χ3n) is 3.54. The molecule has 9 heteroatoms. The molecule has 1 aromatic heterocycles. The van der Waals surface area contributed by atoms with Crippen LogP contribution in [0.1, 0.15) is 24.6 Å². The predicted octanol–water partition coefficient (Wildman–Crippen LogP) is 0.826. The first-order chi connectivity index (χ1) is 10.1. The molecule has 3 rings (SSSR count). The van der Waals surface area contributed by atoms with Crippen LogP contribution in [0.4, 0.5) is 4.79 Å². The number of amides is 2. The Morgan fingerprint density at radius 3 is 2.86 bits per heavy atom. The fraction of sp³-hybridized carbons (Fsp3) is 0.667. The molecule has 114 valence electrons. The van der Waals surface area contributed by atoms with E-state index in [0.29, 0.717) is 23.4 Å². The van der Waals surface area contributed by atoms with E-state index in [1.165, 1.54) is 4.90 Å². The molecular formula is C12H16N4O4S. The third-order valence-corrected chi connectivity index (χ3v) is 5.00. The fourth-order valence-corrected chi connectivity index (χ4v) is 4.00. The minimum atomic E-state index is -0.963. The van der Waals surface area contributed by atoms with Gasteiger partial charge in [-0.25, -0.2) is 9.59 Å². The monoisotopic (exact) mass is 312 g/mol. The maximum absolute atomic E-state index is 12.3. The molecule has 2 fully saturated rings. The summed E-state index contributed by atoms with van der Waals surface area (Å²) in [7, 11) is 0. The number of thioether (sulfide) groups is 1.